The van der Waals surface area contributed by atoms with Gasteiger partial charge in [-0.25, -0.2) is 0 Å². The second-order valence-corrected chi connectivity index (χ2v) is 9.33. The van der Waals surface area contributed by atoms with E-state index >= 15 is 0 Å². The highest BCUT2D eigenvalue weighted by molar-refractivity contribution is 7.87. The monoisotopic (exact) mass is 362 g/mol. The van der Waals surface area contributed by atoms with E-state index in [9.17, 15) is 4.79 Å². The van der Waals surface area contributed by atoms with Crippen LogP contribution in [0.3, 0.4) is 0 Å². The highest BCUT2D eigenvalue weighted by atomic mass is 31.2. The van der Waals surface area contributed by atoms with E-state index in [1.807, 2.05) is 54.6 Å². The molecule has 0 saturated carbocycles. The lowest BCUT2D eigenvalue weighted by Gasteiger charge is -2.27. The zero-order valence-electron chi connectivity index (χ0n) is 15.1. The number of nitrogens with zero attached hydrogens (tertiary/aromatic N) is 2. The summed E-state index contributed by atoms with van der Waals surface area (Å²) in [6.45, 7) is 0.166. The zero-order chi connectivity index (χ0) is 18.4. The van der Waals surface area contributed by atoms with Crippen LogP contribution in [0.25, 0.3) is 0 Å². The molecule has 3 aromatic rings. The van der Waals surface area contributed by atoms with Crippen LogP contribution in [0.5, 0.6) is 0 Å². The molecular formula is C22H23N2OP. The van der Waals surface area contributed by atoms with Crippen LogP contribution in [0.2, 0.25) is 0 Å². The van der Waals surface area contributed by atoms with Gasteiger partial charge in [0.05, 0.1) is 7.05 Å². The van der Waals surface area contributed by atoms with Crippen LogP contribution >= 0.6 is 7.05 Å². The molecule has 3 nitrogen and oxygen atoms in total. The van der Waals surface area contributed by atoms with Crippen molar-refractivity contribution in [2.45, 2.75) is 0 Å². The van der Waals surface area contributed by atoms with E-state index in [4.69, 9.17) is 4.74 Å². The highest BCUT2D eigenvalue weighted by Crippen LogP contribution is 2.46. The molecule has 0 saturated heterocycles. The number of carbonyl (C=O) groups excluding carboxylic acids is 1. The molecule has 0 aliphatic carbocycles. The van der Waals surface area contributed by atoms with Gasteiger partial charge < -0.3 is 4.90 Å². The van der Waals surface area contributed by atoms with Crippen molar-refractivity contribution < 1.29 is 4.79 Å². The van der Waals surface area contributed by atoms with Gasteiger partial charge in [0.1, 0.15) is 6.54 Å². The predicted octanol–water partition coefficient (Wildman–Crippen LogP) is 3.25. The topological polar surface area (TPSA) is 32.7 Å². The Bertz CT molecular complexity index is 803. The lowest BCUT2D eigenvalue weighted by molar-refractivity contribution is -0.127. The zero-order valence-corrected chi connectivity index (χ0v) is 16.0. The minimum Gasteiger partial charge on any atom is -0.347 e. The number of hydrogen-bond donors (Lipinski definition) is 0. The summed E-state index contributed by atoms with van der Waals surface area (Å²) in [7, 11) is 1.27. The second kappa shape index (κ2) is 8.16. The molecule has 0 aliphatic rings. The maximum atomic E-state index is 12.3. The average molecular weight is 362 g/mol. The molecule has 0 heterocycles. The second-order valence-electron chi connectivity index (χ2n) is 6.23. The average Bonchev–Trinajstić information content (AvgIpc) is 2.70. The Morgan fingerprint density at radius 1 is 0.731 bits per heavy atom. The first kappa shape index (κ1) is 18.2. The van der Waals surface area contributed by atoms with Crippen molar-refractivity contribution in [2.24, 2.45) is 4.74 Å². The van der Waals surface area contributed by atoms with E-state index in [2.05, 4.69) is 36.4 Å². The Balaban J connectivity index is 2.32. The van der Waals surface area contributed by atoms with Gasteiger partial charge in [-0.05, 0) is 0 Å². The summed E-state index contributed by atoms with van der Waals surface area (Å²) in [6, 6.07) is 31.0. The maximum absolute atomic E-state index is 12.3. The van der Waals surface area contributed by atoms with Gasteiger partial charge in [0, 0.05) is 30.0 Å². The normalized spacial score (nSPS) is 11.0. The molecule has 1 amide bonds. The smallest absolute Gasteiger partial charge is 0.243 e. The highest BCUT2D eigenvalue weighted by Gasteiger charge is 2.27. The quantitative estimate of drug-likeness (QED) is 0.642. The fourth-order valence-corrected chi connectivity index (χ4v) is 6.46. The summed E-state index contributed by atoms with van der Waals surface area (Å²) in [4.78, 5) is 13.9. The Labute approximate surface area is 155 Å². The molecule has 0 atom stereocenters. The number of carbonyl (C=O) groups is 1. The van der Waals surface area contributed by atoms with Crippen molar-refractivity contribution in [3.8, 4) is 0 Å². The SMILES string of the molecule is CN(C)C(=O)CN=P(c1ccccc1)(c1ccccc1)c1ccccc1. The van der Waals surface area contributed by atoms with Crippen LogP contribution in [0.4, 0.5) is 0 Å². The Morgan fingerprint density at radius 3 is 1.38 bits per heavy atom. The van der Waals surface area contributed by atoms with Crippen molar-refractivity contribution in [1.82, 2.24) is 4.90 Å². The molecule has 0 fully saturated rings. The van der Waals surface area contributed by atoms with E-state index in [-0.39, 0.29) is 12.5 Å². The summed E-state index contributed by atoms with van der Waals surface area (Å²) >= 11 is 0. The molecule has 0 unspecified atom stereocenters. The molecule has 132 valence electrons. The predicted molar refractivity (Wildman–Crippen MR) is 111 cm³/mol. The standard InChI is InChI=1S/C22H23N2OP/c1-24(2)22(25)18-23-26(19-12-6-3-7-13-19,20-14-8-4-9-15-20)21-16-10-5-11-17-21/h3-17H,18H2,1-2H3. The molecule has 3 rings (SSSR count). The summed E-state index contributed by atoms with van der Waals surface area (Å²) in [5, 5.41) is 3.47. The first-order valence-corrected chi connectivity index (χ1v) is 10.3. The minimum absolute atomic E-state index is 0.0113. The van der Waals surface area contributed by atoms with Gasteiger partial charge in [0.15, 0.2) is 0 Å². The number of amides is 1. The van der Waals surface area contributed by atoms with Crippen molar-refractivity contribution in [2.75, 3.05) is 20.6 Å². The van der Waals surface area contributed by atoms with Crippen LogP contribution in [0, 0.1) is 0 Å². The van der Waals surface area contributed by atoms with Crippen molar-refractivity contribution in [1.29, 1.82) is 0 Å². The summed E-state index contributed by atoms with van der Waals surface area (Å²) in [5.41, 5.74) is 0. The van der Waals surface area contributed by atoms with Gasteiger partial charge >= 0.3 is 0 Å². The Kier molecular flexibility index (Phi) is 5.70. The summed E-state index contributed by atoms with van der Waals surface area (Å²) < 4.78 is 5.11. The van der Waals surface area contributed by atoms with Crippen molar-refractivity contribution >= 4 is 28.9 Å². The van der Waals surface area contributed by atoms with Gasteiger partial charge in [0.25, 0.3) is 0 Å². The maximum Gasteiger partial charge on any atom is 0.243 e. The lowest BCUT2D eigenvalue weighted by Crippen LogP contribution is -2.28. The van der Waals surface area contributed by atoms with E-state index in [0.717, 1.165) is 15.9 Å². The number of likely N-dealkylation sites (N-methyl/N-ethyl adjacent to an activating group) is 1. The van der Waals surface area contributed by atoms with Gasteiger partial charge in [0.2, 0.25) is 5.91 Å². The van der Waals surface area contributed by atoms with Crippen molar-refractivity contribution in [3.63, 3.8) is 0 Å². The van der Waals surface area contributed by atoms with Crippen LogP contribution < -0.4 is 15.9 Å². The fourth-order valence-electron chi connectivity index (χ4n) is 2.93. The summed E-state index contributed by atoms with van der Waals surface area (Å²) in [6.07, 6.45) is 0. The van der Waals surface area contributed by atoms with Gasteiger partial charge in [-0.15, -0.1) is 0 Å². The molecule has 0 spiro atoms. The molecular weight excluding hydrogens is 339 g/mol. The van der Waals surface area contributed by atoms with E-state index in [0.29, 0.717) is 0 Å². The van der Waals surface area contributed by atoms with Gasteiger partial charge in [-0.3, -0.25) is 9.54 Å². The lowest BCUT2D eigenvalue weighted by atomic mass is 10.4. The third-order valence-corrected chi connectivity index (χ3v) is 8.01. The minimum atomic E-state index is -2.27. The van der Waals surface area contributed by atoms with Gasteiger partial charge in [-0.2, -0.15) is 0 Å². The first-order valence-electron chi connectivity index (χ1n) is 8.59. The molecule has 3 aromatic carbocycles. The van der Waals surface area contributed by atoms with E-state index in [1.165, 1.54) is 0 Å². The number of hydrogen-bond acceptors (Lipinski definition) is 2. The fraction of sp³-hybridized carbons (Fsp3) is 0.136. The molecule has 26 heavy (non-hydrogen) atoms. The third kappa shape index (κ3) is 3.63. The van der Waals surface area contributed by atoms with Crippen LogP contribution in [0.1, 0.15) is 0 Å². The van der Waals surface area contributed by atoms with Crippen molar-refractivity contribution in [3.05, 3.63) is 91.0 Å². The first-order chi connectivity index (χ1) is 12.6. The molecule has 0 N–H and O–H groups in total. The van der Waals surface area contributed by atoms with Crippen LogP contribution in [0.15, 0.2) is 95.7 Å². The molecule has 4 heteroatoms. The molecule has 0 radical (unpaired) electrons. The third-order valence-electron chi connectivity index (χ3n) is 4.31. The number of benzene rings is 3. The van der Waals surface area contributed by atoms with E-state index < -0.39 is 7.05 Å². The molecule has 0 aromatic heterocycles. The number of rotatable bonds is 5. The van der Waals surface area contributed by atoms with Crippen LogP contribution in [-0.2, 0) is 4.79 Å². The Hall–Kier alpha value is -2.64. The van der Waals surface area contributed by atoms with E-state index in [1.54, 1.807) is 19.0 Å². The van der Waals surface area contributed by atoms with Crippen LogP contribution in [-0.4, -0.2) is 31.4 Å². The summed E-state index contributed by atoms with van der Waals surface area (Å²) in [5.74, 6) is 0.0113. The Morgan fingerprint density at radius 2 is 1.08 bits per heavy atom. The molecule has 0 bridgehead atoms. The molecule has 0 aliphatic heterocycles. The largest absolute Gasteiger partial charge is 0.347 e. The van der Waals surface area contributed by atoms with Gasteiger partial charge in [-0.1, -0.05) is 91.0 Å².